The van der Waals surface area contributed by atoms with Crippen molar-refractivity contribution in [2.45, 2.75) is 13.1 Å². The van der Waals surface area contributed by atoms with Crippen molar-refractivity contribution in [2.75, 3.05) is 0 Å². The third-order valence-electron chi connectivity index (χ3n) is 0.614. The van der Waals surface area contributed by atoms with Crippen LogP contribution >= 0.6 is 0 Å². The van der Waals surface area contributed by atoms with Gasteiger partial charge in [0.25, 0.3) is 0 Å². The molecule has 0 aromatic carbocycles. The minimum atomic E-state index is -4.92. The molecule has 0 unspecified atom stereocenters. The maximum absolute atomic E-state index is 11.3. The van der Waals surface area contributed by atoms with Crippen molar-refractivity contribution in [1.82, 2.24) is 0 Å². The molecule has 0 radical (unpaired) electrons. The first-order valence-electron chi connectivity index (χ1n) is 2.30. The van der Waals surface area contributed by atoms with Crippen LogP contribution in [-0.4, -0.2) is 17.7 Å². The fourth-order valence-corrected chi connectivity index (χ4v) is 0.266. The van der Waals surface area contributed by atoms with Crippen molar-refractivity contribution < 1.29 is 52.3 Å². The molecule has 6 heteroatoms. The average molecular weight is 176 g/mol. The Balaban J connectivity index is 0. The van der Waals surface area contributed by atoms with E-state index in [0.717, 1.165) is 6.92 Å². The van der Waals surface area contributed by atoms with Crippen LogP contribution in [-0.2, 0) is 9.59 Å². The fourth-order valence-electron chi connectivity index (χ4n) is 0.266. The van der Waals surface area contributed by atoms with Gasteiger partial charge in [0, 0.05) is 5.78 Å². The molecule has 0 fully saturated rings. The zero-order valence-corrected chi connectivity index (χ0v) is 8.03. The SMILES string of the molecule is CC(=O)[CH-]C(=O)C(F)(F)F.[Na+]. The second-order valence-electron chi connectivity index (χ2n) is 1.62. The molecule has 0 aliphatic carbocycles. The van der Waals surface area contributed by atoms with E-state index in [1.54, 1.807) is 0 Å². The minimum absolute atomic E-state index is 0. The Bertz CT molecular complexity index is 164. The van der Waals surface area contributed by atoms with Crippen molar-refractivity contribution in [1.29, 1.82) is 0 Å². The van der Waals surface area contributed by atoms with E-state index in [2.05, 4.69) is 0 Å². The van der Waals surface area contributed by atoms with Crippen molar-refractivity contribution >= 4 is 11.6 Å². The molecule has 0 N–H and O–H groups in total. The van der Waals surface area contributed by atoms with Crippen molar-refractivity contribution in [3.8, 4) is 0 Å². The molecule has 0 bridgehead atoms. The van der Waals surface area contributed by atoms with Gasteiger partial charge < -0.3 is 9.59 Å². The summed E-state index contributed by atoms with van der Waals surface area (Å²) in [6.45, 7) is 0.879. The first-order chi connectivity index (χ1) is 4.34. The summed E-state index contributed by atoms with van der Waals surface area (Å²) >= 11 is 0. The number of halogens is 3. The minimum Gasteiger partial charge on any atom is -0.334 e. The molecule has 0 saturated carbocycles. The average Bonchev–Trinajstić information content (AvgIpc) is 1.60. The number of Topliss-reactive ketones (excluding diaryl/α,β-unsaturated/α-hetero) is 2. The molecule has 0 saturated heterocycles. The van der Waals surface area contributed by atoms with Crippen LogP contribution in [0.5, 0.6) is 0 Å². The summed E-state index contributed by atoms with van der Waals surface area (Å²) in [5.41, 5.74) is 0. The van der Waals surface area contributed by atoms with Crippen LogP contribution in [0, 0.1) is 6.42 Å². The third kappa shape index (κ3) is 6.40. The second-order valence-corrected chi connectivity index (χ2v) is 1.62. The number of rotatable bonds is 2. The van der Waals surface area contributed by atoms with Crippen LogP contribution in [0.1, 0.15) is 6.92 Å². The van der Waals surface area contributed by atoms with E-state index in [4.69, 9.17) is 0 Å². The topological polar surface area (TPSA) is 34.1 Å². The predicted molar refractivity (Wildman–Crippen MR) is 26.0 cm³/mol. The summed E-state index contributed by atoms with van der Waals surface area (Å²) in [4.78, 5) is 19.8. The first-order valence-corrected chi connectivity index (χ1v) is 2.30. The van der Waals surface area contributed by atoms with Crippen LogP contribution in [0.2, 0.25) is 0 Å². The molecule has 0 aliphatic heterocycles. The summed E-state index contributed by atoms with van der Waals surface area (Å²) in [5, 5.41) is 0. The van der Waals surface area contributed by atoms with Gasteiger partial charge >= 0.3 is 35.7 Å². The predicted octanol–water partition coefficient (Wildman–Crippen LogP) is -2.08. The molecular weight excluding hydrogens is 172 g/mol. The molecule has 58 valence electrons. The number of hydrogen-bond donors (Lipinski definition) is 0. The Morgan fingerprint density at radius 1 is 1.27 bits per heavy atom. The molecular formula is C5H4F3NaO2. The van der Waals surface area contributed by atoms with Gasteiger partial charge in [0.05, 0.1) is 0 Å². The monoisotopic (exact) mass is 176 g/mol. The fraction of sp³-hybridized carbons (Fsp3) is 0.400. The van der Waals surface area contributed by atoms with E-state index in [1.807, 2.05) is 0 Å². The third-order valence-corrected chi connectivity index (χ3v) is 0.614. The Morgan fingerprint density at radius 3 is 1.73 bits per heavy atom. The second kappa shape index (κ2) is 4.79. The molecule has 0 aromatic rings. The molecule has 0 rings (SSSR count). The summed E-state index contributed by atoms with van der Waals surface area (Å²) in [6, 6.07) is 0. The number of ketones is 2. The number of carbonyl (C=O) groups excluding carboxylic acids is 2. The Labute approximate surface area is 83.4 Å². The zero-order chi connectivity index (χ0) is 8.36. The van der Waals surface area contributed by atoms with Gasteiger partial charge in [-0.1, -0.05) is 0 Å². The molecule has 0 aromatic heterocycles. The van der Waals surface area contributed by atoms with Crippen LogP contribution < -0.4 is 29.6 Å². The van der Waals surface area contributed by atoms with E-state index in [1.165, 1.54) is 0 Å². The van der Waals surface area contributed by atoms with Crippen LogP contribution in [0.3, 0.4) is 0 Å². The number of hydrogen-bond acceptors (Lipinski definition) is 2. The molecule has 0 atom stereocenters. The van der Waals surface area contributed by atoms with Gasteiger partial charge in [0.2, 0.25) is 0 Å². The van der Waals surface area contributed by atoms with Crippen molar-refractivity contribution in [2.24, 2.45) is 0 Å². The van der Waals surface area contributed by atoms with Crippen LogP contribution in [0.25, 0.3) is 0 Å². The van der Waals surface area contributed by atoms with Crippen molar-refractivity contribution in [3.63, 3.8) is 0 Å². The van der Waals surface area contributed by atoms with E-state index in [0.29, 0.717) is 0 Å². The number of carbonyl (C=O) groups is 2. The maximum atomic E-state index is 11.3. The van der Waals surface area contributed by atoms with E-state index < -0.39 is 17.7 Å². The van der Waals surface area contributed by atoms with E-state index in [9.17, 15) is 22.8 Å². The maximum Gasteiger partial charge on any atom is 1.00 e. The van der Waals surface area contributed by atoms with Crippen LogP contribution in [0.15, 0.2) is 0 Å². The zero-order valence-electron chi connectivity index (χ0n) is 6.03. The van der Waals surface area contributed by atoms with Gasteiger partial charge in [0.15, 0.2) is 0 Å². The molecule has 0 spiro atoms. The molecule has 0 heterocycles. The first kappa shape index (κ1) is 13.6. The summed E-state index contributed by atoms with van der Waals surface area (Å²) in [5.74, 6) is -3.01. The Kier molecular flexibility index (Phi) is 5.92. The van der Waals surface area contributed by atoms with Gasteiger partial charge in [0.1, 0.15) is 5.78 Å². The molecule has 0 aliphatic rings. The smallest absolute Gasteiger partial charge is 0.334 e. The number of alkyl halides is 3. The van der Waals surface area contributed by atoms with E-state index >= 15 is 0 Å². The van der Waals surface area contributed by atoms with Gasteiger partial charge in [-0.15, -0.1) is 0 Å². The summed E-state index contributed by atoms with van der Waals surface area (Å²) in [7, 11) is 0. The summed E-state index contributed by atoms with van der Waals surface area (Å²) < 4.78 is 33.8. The largest absolute Gasteiger partial charge is 1.00 e. The van der Waals surface area contributed by atoms with E-state index in [-0.39, 0.29) is 36.0 Å². The molecule has 2 nitrogen and oxygen atoms in total. The molecule has 11 heavy (non-hydrogen) atoms. The quantitative estimate of drug-likeness (QED) is 0.275. The molecule has 0 amide bonds. The Morgan fingerprint density at radius 2 is 1.64 bits per heavy atom. The van der Waals surface area contributed by atoms with Crippen molar-refractivity contribution in [3.05, 3.63) is 6.42 Å². The van der Waals surface area contributed by atoms with Crippen LogP contribution in [0.4, 0.5) is 13.2 Å². The van der Waals surface area contributed by atoms with Gasteiger partial charge in [-0.3, -0.25) is 6.42 Å². The normalized spacial score (nSPS) is 9.82. The standard InChI is InChI=1S/C5H4F3O2.Na/c1-3(9)2-4(10)5(6,7)8;/h2H,1H3;/q-1;+1. The summed E-state index contributed by atoms with van der Waals surface area (Å²) in [6.07, 6.45) is -4.91. The van der Waals surface area contributed by atoms with Gasteiger partial charge in [-0.2, -0.15) is 13.2 Å². The van der Waals surface area contributed by atoms with Gasteiger partial charge in [-0.25, -0.2) is 0 Å². The Hall–Kier alpha value is -0.000000000000000222. The van der Waals surface area contributed by atoms with Gasteiger partial charge in [-0.05, 0) is 6.92 Å².